The maximum Gasteiger partial charge on any atom is 0.165 e. The Hall–Kier alpha value is -3.37. The average Bonchev–Trinajstić information content (AvgIpc) is 3.39. The topological polar surface area (TPSA) is 136 Å². The molecule has 0 radical (unpaired) electrons. The van der Waals surface area contributed by atoms with Gasteiger partial charge in [0.2, 0.25) is 0 Å². The van der Waals surface area contributed by atoms with Crippen molar-refractivity contribution in [3.8, 4) is 0 Å². The third-order valence-corrected chi connectivity index (χ3v) is 7.81. The third-order valence-electron chi connectivity index (χ3n) is 7.81. The van der Waals surface area contributed by atoms with Crippen LogP contribution in [0.3, 0.4) is 0 Å². The molecule has 0 bridgehead atoms. The number of nitrogens with zero attached hydrogens (tertiary/aromatic N) is 4. The lowest BCUT2D eigenvalue weighted by Gasteiger charge is -2.29. The number of halogens is 2. The Morgan fingerprint density at radius 3 is 2.76 bits per heavy atom. The van der Waals surface area contributed by atoms with Gasteiger partial charge in [-0.3, -0.25) is 0 Å². The Morgan fingerprint density at radius 1 is 1.12 bits per heavy atom. The summed E-state index contributed by atoms with van der Waals surface area (Å²) in [6, 6.07) is 6.45. The van der Waals surface area contributed by atoms with Gasteiger partial charge in [-0.15, -0.1) is 0 Å². The number of aromatic nitrogens is 4. The van der Waals surface area contributed by atoms with E-state index in [4.69, 9.17) is 11.5 Å². The second kappa shape index (κ2) is 7.31. The number of hydrogen-bond acceptors (Lipinski definition) is 7. The summed E-state index contributed by atoms with van der Waals surface area (Å²) in [6.45, 7) is 0. The Bertz CT molecular complexity index is 1440. The summed E-state index contributed by atoms with van der Waals surface area (Å²) >= 11 is 0. The predicted octanol–water partition coefficient (Wildman–Crippen LogP) is 2.73. The summed E-state index contributed by atoms with van der Waals surface area (Å²) < 4.78 is 29.9. The van der Waals surface area contributed by atoms with E-state index in [9.17, 15) is 19.0 Å². The lowest BCUT2D eigenvalue weighted by Crippen LogP contribution is -2.42. The van der Waals surface area contributed by atoms with Crippen LogP contribution in [0.15, 0.2) is 36.8 Å². The lowest BCUT2D eigenvalue weighted by atomic mass is 9.84. The van der Waals surface area contributed by atoms with Crippen molar-refractivity contribution in [3.05, 3.63) is 54.0 Å². The maximum absolute atomic E-state index is 14.6. The number of benzene rings is 1. The highest BCUT2D eigenvalue weighted by molar-refractivity contribution is 5.87. The number of pyridine rings is 1. The molecule has 34 heavy (non-hydrogen) atoms. The monoisotopic (exact) mass is 466 g/mol. The minimum Gasteiger partial charge on any atom is -0.388 e. The second-order valence-corrected chi connectivity index (χ2v) is 9.57. The lowest BCUT2D eigenvalue weighted by molar-refractivity contribution is -0.0800. The molecule has 2 aliphatic carbocycles. The van der Waals surface area contributed by atoms with Crippen LogP contribution in [0.4, 0.5) is 20.4 Å². The van der Waals surface area contributed by atoms with Gasteiger partial charge >= 0.3 is 0 Å². The van der Waals surface area contributed by atoms with Gasteiger partial charge in [0.15, 0.2) is 17.5 Å². The molecular formula is C24H24F2N6O2. The van der Waals surface area contributed by atoms with Crippen LogP contribution < -0.4 is 11.5 Å². The smallest absolute Gasteiger partial charge is 0.165 e. The molecule has 2 fully saturated rings. The Balaban J connectivity index is 1.31. The highest BCUT2D eigenvalue weighted by Crippen LogP contribution is 2.55. The molecule has 0 saturated heterocycles. The minimum atomic E-state index is -1.27. The minimum absolute atomic E-state index is 0.0379. The number of anilines is 2. The van der Waals surface area contributed by atoms with Crippen LogP contribution in [-0.2, 0) is 6.42 Å². The number of aliphatic hydroxyl groups excluding tert-OH is 1. The molecule has 3 heterocycles. The van der Waals surface area contributed by atoms with E-state index in [1.165, 1.54) is 18.6 Å². The van der Waals surface area contributed by atoms with E-state index in [2.05, 4.69) is 15.0 Å². The molecule has 2 saturated carbocycles. The summed E-state index contributed by atoms with van der Waals surface area (Å²) in [5.74, 6) is -1.29. The van der Waals surface area contributed by atoms with Gasteiger partial charge < -0.3 is 26.2 Å². The van der Waals surface area contributed by atoms with Crippen LogP contribution in [0, 0.1) is 23.5 Å². The number of rotatable bonds is 3. The van der Waals surface area contributed by atoms with Crippen molar-refractivity contribution in [1.29, 1.82) is 0 Å². The van der Waals surface area contributed by atoms with Gasteiger partial charge in [-0.25, -0.2) is 23.7 Å². The van der Waals surface area contributed by atoms with Gasteiger partial charge in [-0.2, -0.15) is 0 Å². The fraction of sp³-hybridized carbons (Fsp3) is 0.375. The zero-order valence-corrected chi connectivity index (χ0v) is 18.2. The zero-order valence-electron chi connectivity index (χ0n) is 18.2. The summed E-state index contributed by atoms with van der Waals surface area (Å²) in [5.41, 5.74) is 12.1. The van der Waals surface area contributed by atoms with Gasteiger partial charge in [-0.1, -0.05) is 12.1 Å². The van der Waals surface area contributed by atoms with Crippen molar-refractivity contribution in [2.24, 2.45) is 11.8 Å². The summed E-state index contributed by atoms with van der Waals surface area (Å²) in [7, 11) is 0. The highest BCUT2D eigenvalue weighted by atomic mass is 19.1. The first-order chi connectivity index (χ1) is 16.3. The van der Waals surface area contributed by atoms with Crippen LogP contribution in [0.25, 0.3) is 21.9 Å². The van der Waals surface area contributed by atoms with Crippen molar-refractivity contribution in [1.82, 2.24) is 19.5 Å². The molecule has 0 unspecified atom stereocenters. The number of fused-ring (bicyclic) bond motifs is 3. The molecule has 8 nitrogen and oxygen atoms in total. The molecule has 2 aliphatic rings. The Labute approximate surface area is 193 Å². The first kappa shape index (κ1) is 21.2. The number of aliphatic hydroxyl groups is 2. The molecule has 0 amide bonds. The fourth-order valence-corrected chi connectivity index (χ4v) is 6.15. The molecule has 6 rings (SSSR count). The molecule has 176 valence electrons. The average molecular weight is 466 g/mol. The first-order valence-corrected chi connectivity index (χ1v) is 11.3. The third kappa shape index (κ3) is 2.98. The van der Waals surface area contributed by atoms with Crippen molar-refractivity contribution < 1.29 is 19.0 Å². The van der Waals surface area contributed by atoms with Crippen LogP contribution in [0.2, 0.25) is 0 Å². The summed E-state index contributed by atoms with van der Waals surface area (Å²) in [5, 5.41) is 23.4. The fourth-order valence-electron chi connectivity index (χ4n) is 6.15. The van der Waals surface area contributed by atoms with Crippen molar-refractivity contribution in [2.75, 3.05) is 11.5 Å². The van der Waals surface area contributed by atoms with Gasteiger partial charge in [0.1, 0.15) is 23.9 Å². The van der Waals surface area contributed by atoms with Gasteiger partial charge in [0.05, 0.1) is 22.5 Å². The summed E-state index contributed by atoms with van der Waals surface area (Å²) in [4.78, 5) is 12.2. The van der Waals surface area contributed by atoms with Crippen LogP contribution in [-0.4, -0.2) is 41.4 Å². The SMILES string of the molecule is Nc1nc2cc(C[C@@H]3CC[C@@]4(O)[C@@H]3C[C@@H](n3cc(F)c5c(N)ncnc53)[C@@H]4O)ccc2cc1F. The van der Waals surface area contributed by atoms with Crippen molar-refractivity contribution in [3.63, 3.8) is 0 Å². The van der Waals surface area contributed by atoms with Crippen LogP contribution in [0.5, 0.6) is 0 Å². The van der Waals surface area contributed by atoms with Crippen LogP contribution in [0.1, 0.15) is 30.9 Å². The predicted molar refractivity (Wildman–Crippen MR) is 123 cm³/mol. The van der Waals surface area contributed by atoms with Crippen molar-refractivity contribution in [2.45, 2.75) is 43.4 Å². The van der Waals surface area contributed by atoms with E-state index in [1.54, 1.807) is 4.57 Å². The van der Waals surface area contributed by atoms with E-state index in [0.717, 1.165) is 12.0 Å². The Kier molecular flexibility index (Phi) is 4.56. The van der Waals surface area contributed by atoms with Gasteiger partial charge in [0, 0.05) is 11.6 Å². The van der Waals surface area contributed by atoms with Gasteiger partial charge in [0.25, 0.3) is 0 Å². The molecular weight excluding hydrogens is 442 g/mol. The molecule has 4 aromatic rings. The summed E-state index contributed by atoms with van der Waals surface area (Å²) in [6.07, 6.45) is 3.80. The quantitative estimate of drug-likeness (QED) is 0.364. The van der Waals surface area contributed by atoms with Gasteiger partial charge in [-0.05, 0) is 55.2 Å². The molecule has 10 heteroatoms. The largest absolute Gasteiger partial charge is 0.388 e. The second-order valence-electron chi connectivity index (χ2n) is 9.57. The number of hydrogen-bond donors (Lipinski definition) is 4. The molecule has 0 spiro atoms. The Morgan fingerprint density at radius 2 is 1.94 bits per heavy atom. The zero-order chi connectivity index (χ0) is 23.8. The van der Waals surface area contributed by atoms with E-state index in [0.29, 0.717) is 35.8 Å². The normalized spacial score (nSPS) is 28.7. The molecule has 6 N–H and O–H groups in total. The maximum atomic E-state index is 14.6. The standard InChI is InChI=1S/C24H24F2N6O2/c25-15-7-13-2-1-11(6-17(13)31-21(15)27)5-12-3-4-24(34)14(12)8-18(20(24)33)32-9-16(26)19-22(28)29-10-30-23(19)32/h1-2,6-7,9-10,12,14,18,20,33-34H,3-5,8H2,(H2,27,31)(H2,28,29,30)/t12-,14+,18+,20-,24+/m0/s1. The number of nitrogen functional groups attached to an aromatic ring is 2. The van der Waals surface area contributed by atoms with E-state index in [-0.39, 0.29) is 28.9 Å². The van der Waals surface area contributed by atoms with E-state index in [1.807, 2.05) is 18.2 Å². The first-order valence-electron chi connectivity index (χ1n) is 11.3. The van der Waals surface area contributed by atoms with Crippen LogP contribution >= 0.6 is 0 Å². The molecule has 1 aromatic carbocycles. The highest BCUT2D eigenvalue weighted by Gasteiger charge is 2.59. The van der Waals surface area contributed by atoms with E-state index < -0.39 is 29.4 Å². The van der Waals surface area contributed by atoms with E-state index >= 15 is 0 Å². The van der Waals surface area contributed by atoms with Crippen molar-refractivity contribution >= 4 is 33.6 Å². The molecule has 3 aromatic heterocycles. The molecule has 0 aliphatic heterocycles. The molecule has 5 atom stereocenters. The number of nitrogens with two attached hydrogens (primary N) is 2.